The van der Waals surface area contributed by atoms with Crippen molar-refractivity contribution in [1.29, 1.82) is 0 Å². The molecule has 0 spiro atoms. The molecule has 3 rings (SSSR count). The largest absolute Gasteiger partial charge is 0.350 e. The van der Waals surface area contributed by atoms with Crippen LogP contribution >= 0.6 is 23.2 Å². The van der Waals surface area contributed by atoms with E-state index in [0.29, 0.717) is 5.02 Å². The molecular formula is C19H16Cl2FN3O3. The molecule has 0 aromatic heterocycles. The zero-order chi connectivity index (χ0) is 20.5. The Morgan fingerprint density at radius 2 is 1.96 bits per heavy atom. The maximum Gasteiger partial charge on any atom is 0.325 e. The van der Waals surface area contributed by atoms with E-state index in [1.54, 1.807) is 24.3 Å². The Hall–Kier alpha value is -2.64. The van der Waals surface area contributed by atoms with E-state index in [2.05, 4.69) is 10.6 Å². The summed E-state index contributed by atoms with van der Waals surface area (Å²) >= 11 is 11.9. The van der Waals surface area contributed by atoms with Crippen LogP contribution in [0.3, 0.4) is 0 Å². The summed E-state index contributed by atoms with van der Waals surface area (Å²) in [7, 11) is 0. The molecule has 1 aliphatic heterocycles. The van der Waals surface area contributed by atoms with Crippen LogP contribution in [0.1, 0.15) is 18.1 Å². The molecule has 146 valence electrons. The fraction of sp³-hybridized carbons (Fsp3) is 0.211. The molecule has 0 aliphatic carbocycles. The lowest BCUT2D eigenvalue weighted by molar-refractivity contribution is -0.134. The van der Waals surface area contributed by atoms with Crippen LogP contribution in [0.5, 0.6) is 0 Å². The fourth-order valence-electron chi connectivity index (χ4n) is 2.97. The molecule has 28 heavy (non-hydrogen) atoms. The number of halogens is 3. The number of imide groups is 1. The Balaban J connectivity index is 1.70. The zero-order valence-electron chi connectivity index (χ0n) is 14.8. The number of hydrogen-bond donors (Lipinski definition) is 2. The van der Waals surface area contributed by atoms with Gasteiger partial charge in [0.05, 0.1) is 0 Å². The van der Waals surface area contributed by atoms with Gasteiger partial charge in [-0.25, -0.2) is 9.18 Å². The highest BCUT2D eigenvalue weighted by molar-refractivity contribution is 6.32. The highest BCUT2D eigenvalue weighted by atomic mass is 35.5. The third-order valence-electron chi connectivity index (χ3n) is 4.43. The summed E-state index contributed by atoms with van der Waals surface area (Å²) in [5.74, 6) is -1.73. The maximum atomic E-state index is 13.3. The lowest BCUT2D eigenvalue weighted by Crippen LogP contribution is -2.43. The summed E-state index contributed by atoms with van der Waals surface area (Å²) in [4.78, 5) is 38.1. The van der Waals surface area contributed by atoms with Gasteiger partial charge >= 0.3 is 6.03 Å². The molecule has 1 saturated heterocycles. The van der Waals surface area contributed by atoms with Crippen LogP contribution in [0.2, 0.25) is 10.0 Å². The minimum atomic E-state index is -1.49. The van der Waals surface area contributed by atoms with Crippen LogP contribution in [-0.2, 0) is 21.7 Å². The van der Waals surface area contributed by atoms with Crippen LogP contribution in [0.15, 0.2) is 42.5 Å². The second-order valence-electron chi connectivity index (χ2n) is 6.48. The molecule has 0 bridgehead atoms. The summed E-state index contributed by atoms with van der Waals surface area (Å²) in [5.41, 5.74) is -0.466. The number of urea groups is 1. The maximum absolute atomic E-state index is 13.3. The molecule has 4 amide bonds. The van der Waals surface area contributed by atoms with Crippen molar-refractivity contribution in [2.75, 3.05) is 6.54 Å². The summed E-state index contributed by atoms with van der Waals surface area (Å²) in [6.45, 7) is 1.19. The Labute approximate surface area is 170 Å². The van der Waals surface area contributed by atoms with Crippen molar-refractivity contribution >= 4 is 41.0 Å². The van der Waals surface area contributed by atoms with Crippen molar-refractivity contribution in [1.82, 2.24) is 15.5 Å². The van der Waals surface area contributed by atoms with Gasteiger partial charge in [0.25, 0.3) is 5.91 Å². The monoisotopic (exact) mass is 423 g/mol. The third-order valence-corrected chi connectivity index (χ3v) is 4.97. The van der Waals surface area contributed by atoms with E-state index >= 15 is 0 Å². The first kappa shape index (κ1) is 20.1. The molecule has 1 unspecified atom stereocenters. The normalized spacial score (nSPS) is 18.9. The average Bonchev–Trinajstić information content (AvgIpc) is 2.84. The predicted octanol–water partition coefficient (Wildman–Crippen LogP) is 3.22. The molecule has 0 saturated carbocycles. The van der Waals surface area contributed by atoms with Crippen molar-refractivity contribution in [3.8, 4) is 0 Å². The highest BCUT2D eigenvalue weighted by Crippen LogP contribution is 2.33. The van der Waals surface area contributed by atoms with E-state index < -0.39 is 35.7 Å². The van der Waals surface area contributed by atoms with Gasteiger partial charge in [-0.1, -0.05) is 41.4 Å². The van der Waals surface area contributed by atoms with Crippen molar-refractivity contribution in [2.24, 2.45) is 0 Å². The van der Waals surface area contributed by atoms with Crippen molar-refractivity contribution < 1.29 is 18.8 Å². The number of nitrogens with one attached hydrogen (secondary N) is 2. The molecular weight excluding hydrogens is 408 g/mol. The molecule has 1 atom stereocenters. The van der Waals surface area contributed by atoms with E-state index in [1.807, 2.05) is 0 Å². The van der Waals surface area contributed by atoms with Gasteiger partial charge in [-0.2, -0.15) is 0 Å². The summed E-state index contributed by atoms with van der Waals surface area (Å²) in [5, 5.41) is 5.70. The predicted molar refractivity (Wildman–Crippen MR) is 102 cm³/mol. The zero-order valence-corrected chi connectivity index (χ0v) is 16.3. The van der Waals surface area contributed by atoms with Crippen molar-refractivity contribution in [3.63, 3.8) is 0 Å². The molecule has 2 aromatic carbocycles. The summed E-state index contributed by atoms with van der Waals surface area (Å²) in [6.07, 6.45) is 0. The molecule has 1 heterocycles. The van der Waals surface area contributed by atoms with Crippen LogP contribution in [0.4, 0.5) is 9.18 Å². The van der Waals surface area contributed by atoms with E-state index in [-0.39, 0.29) is 17.1 Å². The number of rotatable bonds is 5. The van der Waals surface area contributed by atoms with Gasteiger partial charge in [0.2, 0.25) is 5.91 Å². The summed E-state index contributed by atoms with van der Waals surface area (Å²) < 4.78 is 13.3. The van der Waals surface area contributed by atoms with Crippen LogP contribution < -0.4 is 10.6 Å². The van der Waals surface area contributed by atoms with Gasteiger partial charge in [-0.15, -0.1) is 0 Å². The Kier molecular flexibility index (Phi) is 5.58. The lowest BCUT2D eigenvalue weighted by atomic mass is 9.92. The minimum absolute atomic E-state index is 0.00316. The van der Waals surface area contributed by atoms with Crippen molar-refractivity contribution in [2.45, 2.75) is 19.0 Å². The molecule has 1 fully saturated rings. The molecule has 1 aliphatic rings. The standard InChI is InChI=1S/C19H16Cl2FN3O3/c1-19(14-6-5-13(22)8-15(14)21)17(27)25(18(28)24-19)10-16(26)23-9-11-3-2-4-12(20)7-11/h2-8H,9-10H2,1H3,(H,23,26)(H,24,28). The lowest BCUT2D eigenvalue weighted by Gasteiger charge is -2.23. The Morgan fingerprint density at radius 1 is 1.21 bits per heavy atom. The second-order valence-corrected chi connectivity index (χ2v) is 7.32. The first-order valence-electron chi connectivity index (χ1n) is 8.31. The first-order valence-corrected chi connectivity index (χ1v) is 9.07. The van der Waals surface area contributed by atoms with Crippen LogP contribution in [0, 0.1) is 5.82 Å². The number of carbonyl (C=O) groups is 3. The quantitative estimate of drug-likeness (QED) is 0.724. The molecule has 0 radical (unpaired) electrons. The Morgan fingerprint density at radius 3 is 2.64 bits per heavy atom. The number of benzene rings is 2. The SMILES string of the molecule is CC1(c2ccc(F)cc2Cl)NC(=O)N(CC(=O)NCc2cccc(Cl)c2)C1=O. The van der Waals surface area contributed by atoms with E-state index in [0.717, 1.165) is 22.6 Å². The summed E-state index contributed by atoms with van der Waals surface area (Å²) in [6, 6.07) is 9.75. The first-order chi connectivity index (χ1) is 13.2. The van der Waals surface area contributed by atoms with Gasteiger partial charge < -0.3 is 10.6 Å². The molecule has 2 N–H and O–H groups in total. The van der Waals surface area contributed by atoms with Gasteiger partial charge in [-0.3, -0.25) is 14.5 Å². The van der Waals surface area contributed by atoms with Gasteiger partial charge in [0, 0.05) is 22.2 Å². The third kappa shape index (κ3) is 3.95. The average molecular weight is 424 g/mol. The van der Waals surface area contributed by atoms with E-state index in [9.17, 15) is 18.8 Å². The van der Waals surface area contributed by atoms with E-state index in [4.69, 9.17) is 23.2 Å². The van der Waals surface area contributed by atoms with E-state index in [1.165, 1.54) is 13.0 Å². The minimum Gasteiger partial charge on any atom is -0.350 e. The number of amides is 4. The number of nitrogens with zero attached hydrogens (tertiary/aromatic N) is 1. The number of carbonyl (C=O) groups excluding carboxylic acids is 3. The van der Waals surface area contributed by atoms with Gasteiger partial charge in [0.15, 0.2) is 0 Å². The number of hydrogen-bond acceptors (Lipinski definition) is 3. The van der Waals surface area contributed by atoms with Gasteiger partial charge in [-0.05, 0) is 36.8 Å². The molecule has 6 nitrogen and oxygen atoms in total. The molecule has 9 heteroatoms. The van der Waals surface area contributed by atoms with Gasteiger partial charge in [0.1, 0.15) is 17.9 Å². The van der Waals surface area contributed by atoms with Crippen LogP contribution in [-0.4, -0.2) is 29.3 Å². The topological polar surface area (TPSA) is 78.5 Å². The second kappa shape index (κ2) is 7.77. The fourth-order valence-corrected chi connectivity index (χ4v) is 3.53. The Bertz CT molecular complexity index is 969. The van der Waals surface area contributed by atoms with Crippen molar-refractivity contribution in [3.05, 3.63) is 69.5 Å². The van der Waals surface area contributed by atoms with Crippen LogP contribution in [0.25, 0.3) is 0 Å². The molecule has 2 aromatic rings. The smallest absolute Gasteiger partial charge is 0.325 e. The highest BCUT2D eigenvalue weighted by Gasteiger charge is 2.50.